The normalized spacial score (nSPS) is 23.8. The summed E-state index contributed by atoms with van der Waals surface area (Å²) in [5.41, 5.74) is 0. The van der Waals surface area contributed by atoms with Crippen LogP contribution in [0.5, 0.6) is 0 Å². The number of hydrogen-bond donors (Lipinski definition) is 1. The molecule has 146 valence electrons. The molecule has 0 radical (unpaired) electrons. The minimum absolute atomic E-state index is 0. The van der Waals surface area contributed by atoms with Crippen LogP contribution in [0.1, 0.15) is 53.4 Å². The number of nitrogens with zero attached hydrogens (tertiary/aromatic N) is 3. The Kier molecular flexibility index (Phi) is 9.92. The number of amides is 1. The molecular formula is C18H35IN4OS. The molecule has 0 aromatic heterocycles. The molecule has 0 aliphatic carbocycles. The SMILES string of the molecule is CCNC(=NCCC(=O)N1CCCCC1C)N1CCSC(C)(C)C1.I. The standard InChI is InChI=1S/C18H34N4OS.HI/c1-5-19-17(21-12-13-24-18(3,4)14-21)20-10-9-16(23)22-11-7-6-8-15(22)2;/h15H,5-14H2,1-4H3,(H,19,20);1H. The molecule has 2 rings (SSSR count). The molecule has 2 aliphatic heterocycles. The summed E-state index contributed by atoms with van der Waals surface area (Å²) in [6, 6.07) is 0.392. The van der Waals surface area contributed by atoms with Crippen molar-refractivity contribution in [1.29, 1.82) is 0 Å². The summed E-state index contributed by atoms with van der Waals surface area (Å²) in [4.78, 5) is 21.6. The lowest BCUT2D eigenvalue weighted by Crippen LogP contribution is -2.51. The molecule has 0 spiro atoms. The number of rotatable bonds is 4. The van der Waals surface area contributed by atoms with Crippen molar-refractivity contribution in [2.75, 3.05) is 38.5 Å². The first-order valence-corrected chi connectivity index (χ1v) is 10.4. The maximum absolute atomic E-state index is 12.4. The fourth-order valence-electron chi connectivity index (χ4n) is 3.49. The van der Waals surface area contributed by atoms with Gasteiger partial charge in [0.25, 0.3) is 0 Å². The quantitative estimate of drug-likeness (QED) is 0.380. The summed E-state index contributed by atoms with van der Waals surface area (Å²) < 4.78 is 0.257. The molecule has 0 aromatic carbocycles. The molecule has 2 heterocycles. The van der Waals surface area contributed by atoms with Gasteiger partial charge in [0.1, 0.15) is 0 Å². The highest BCUT2D eigenvalue weighted by atomic mass is 127. The van der Waals surface area contributed by atoms with Crippen molar-refractivity contribution >= 4 is 47.6 Å². The minimum atomic E-state index is 0. The summed E-state index contributed by atoms with van der Waals surface area (Å²) in [5, 5.41) is 3.39. The molecule has 7 heteroatoms. The van der Waals surface area contributed by atoms with E-state index in [0.717, 1.165) is 50.7 Å². The molecule has 2 aliphatic rings. The number of carbonyl (C=O) groups is 1. The van der Waals surface area contributed by atoms with E-state index < -0.39 is 0 Å². The van der Waals surface area contributed by atoms with Crippen molar-refractivity contribution < 1.29 is 4.79 Å². The maximum atomic E-state index is 12.4. The van der Waals surface area contributed by atoms with E-state index in [4.69, 9.17) is 4.99 Å². The van der Waals surface area contributed by atoms with E-state index in [1.165, 1.54) is 6.42 Å². The molecule has 2 saturated heterocycles. The highest BCUT2D eigenvalue weighted by molar-refractivity contribution is 14.0. The number of nitrogens with one attached hydrogen (secondary N) is 1. The summed E-state index contributed by atoms with van der Waals surface area (Å²) >= 11 is 2.02. The first kappa shape index (κ1) is 22.9. The van der Waals surface area contributed by atoms with Gasteiger partial charge in [-0.15, -0.1) is 24.0 Å². The monoisotopic (exact) mass is 482 g/mol. The number of hydrogen-bond acceptors (Lipinski definition) is 3. The van der Waals surface area contributed by atoms with Crippen molar-refractivity contribution in [3.8, 4) is 0 Å². The zero-order valence-corrected chi connectivity index (χ0v) is 19.4. The number of piperidine rings is 1. The number of carbonyl (C=O) groups excluding carboxylic acids is 1. The Morgan fingerprint density at radius 2 is 2.08 bits per heavy atom. The van der Waals surface area contributed by atoms with Crippen LogP contribution in [-0.2, 0) is 4.79 Å². The topological polar surface area (TPSA) is 47.9 Å². The van der Waals surface area contributed by atoms with Gasteiger partial charge >= 0.3 is 0 Å². The molecule has 1 atom stereocenters. The van der Waals surface area contributed by atoms with Crippen LogP contribution in [-0.4, -0.2) is 70.9 Å². The van der Waals surface area contributed by atoms with Crippen LogP contribution in [0.4, 0.5) is 0 Å². The van der Waals surface area contributed by atoms with E-state index in [0.29, 0.717) is 19.0 Å². The number of likely N-dealkylation sites (tertiary alicyclic amines) is 1. The van der Waals surface area contributed by atoms with E-state index >= 15 is 0 Å². The Balaban J connectivity index is 0.00000312. The van der Waals surface area contributed by atoms with Gasteiger partial charge in [-0.25, -0.2) is 0 Å². The summed E-state index contributed by atoms with van der Waals surface area (Å²) in [6.45, 7) is 13.2. The largest absolute Gasteiger partial charge is 0.357 e. The smallest absolute Gasteiger partial charge is 0.224 e. The second-order valence-electron chi connectivity index (χ2n) is 7.45. The third-order valence-corrected chi connectivity index (χ3v) is 6.07. The lowest BCUT2D eigenvalue weighted by Gasteiger charge is -2.39. The van der Waals surface area contributed by atoms with Crippen molar-refractivity contribution in [2.24, 2.45) is 4.99 Å². The summed E-state index contributed by atoms with van der Waals surface area (Å²) in [5.74, 6) is 2.35. The second kappa shape index (κ2) is 10.8. The van der Waals surface area contributed by atoms with Crippen LogP contribution in [0.2, 0.25) is 0 Å². The molecule has 0 aromatic rings. The van der Waals surface area contributed by atoms with Gasteiger partial charge in [-0.2, -0.15) is 11.8 Å². The predicted molar refractivity (Wildman–Crippen MR) is 119 cm³/mol. The van der Waals surface area contributed by atoms with Crippen molar-refractivity contribution in [3.05, 3.63) is 0 Å². The van der Waals surface area contributed by atoms with E-state index in [1.807, 2.05) is 16.7 Å². The average molecular weight is 482 g/mol. The number of aliphatic imine (C=N–C) groups is 1. The third-order valence-electron chi connectivity index (χ3n) is 4.77. The van der Waals surface area contributed by atoms with Crippen molar-refractivity contribution in [1.82, 2.24) is 15.1 Å². The molecule has 25 heavy (non-hydrogen) atoms. The Bertz CT molecular complexity index is 458. The molecule has 2 fully saturated rings. The maximum Gasteiger partial charge on any atom is 0.224 e. The van der Waals surface area contributed by atoms with E-state index in [2.05, 4.69) is 37.9 Å². The number of guanidine groups is 1. The molecule has 5 nitrogen and oxygen atoms in total. The van der Waals surface area contributed by atoms with Gasteiger partial charge in [-0.1, -0.05) is 0 Å². The van der Waals surface area contributed by atoms with Gasteiger partial charge in [0.2, 0.25) is 5.91 Å². The third kappa shape index (κ3) is 7.15. The lowest BCUT2D eigenvalue weighted by molar-refractivity contribution is -0.134. The van der Waals surface area contributed by atoms with Crippen LogP contribution in [0.15, 0.2) is 4.99 Å². The molecular weight excluding hydrogens is 447 g/mol. The Morgan fingerprint density at radius 3 is 2.72 bits per heavy atom. The van der Waals surface area contributed by atoms with E-state index in [-0.39, 0.29) is 34.6 Å². The Labute approximate surface area is 174 Å². The average Bonchev–Trinajstić information content (AvgIpc) is 2.53. The predicted octanol–water partition coefficient (Wildman–Crippen LogP) is 3.19. The van der Waals surface area contributed by atoms with Crippen LogP contribution in [0.3, 0.4) is 0 Å². The zero-order valence-electron chi connectivity index (χ0n) is 16.2. The van der Waals surface area contributed by atoms with Gasteiger partial charge < -0.3 is 15.1 Å². The van der Waals surface area contributed by atoms with Crippen LogP contribution >= 0.6 is 35.7 Å². The van der Waals surface area contributed by atoms with Crippen LogP contribution in [0.25, 0.3) is 0 Å². The molecule has 0 saturated carbocycles. The first-order chi connectivity index (χ1) is 11.4. The number of thioether (sulfide) groups is 1. The van der Waals surface area contributed by atoms with Gasteiger partial charge in [-0.3, -0.25) is 9.79 Å². The number of halogens is 1. The zero-order chi connectivity index (χ0) is 17.6. The summed E-state index contributed by atoms with van der Waals surface area (Å²) in [6.07, 6.45) is 4.04. The second-order valence-corrected chi connectivity index (χ2v) is 9.25. The Morgan fingerprint density at radius 1 is 1.32 bits per heavy atom. The molecule has 0 bridgehead atoms. The van der Waals surface area contributed by atoms with Gasteiger partial charge in [0.05, 0.1) is 6.54 Å². The molecule has 1 amide bonds. The molecule has 1 unspecified atom stereocenters. The van der Waals surface area contributed by atoms with Crippen LogP contribution < -0.4 is 5.32 Å². The van der Waals surface area contributed by atoms with Crippen molar-refractivity contribution in [2.45, 2.75) is 64.2 Å². The lowest BCUT2D eigenvalue weighted by atomic mass is 10.0. The fraction of sp³-hybridized carbons (Fsp3) is 0.889. The Hall–Kier alpha value is -0.180. The van der Waals surface area contributed by atoms with Gasteiger partial charge in [-0.05, 0) is 47.0 Å². The fourth-order valence-corrected chi connectivity index (χ4v) is 4.60. The van der Waals surface area contributed by atoms with Gasteiger partial charge in [0, 0.05) is 49.1 Å². The molecule has 1 N–H and O–H groups in total. The highest BCUT2D eigenvalue weighted by Gasteiger charge is 2.29. The van der Waals surface area contributed by atoms with E-state index in [9.17, 15) is 4.79 Å². The van der Waals surface area contributed by atoms with Gasteiger partial charge in [0.15, 0.2) is 5.96 Å². The highest BCUT2D eigenvalue weighted by Crippen LogP contribution is 2.29. The summed E-state index contributed by atoms with van der Waals surface area (Å²) in [7, 11) is 0. The van der Waals surface area contributed by atoms with Crippen LogP contribution in [0, 0.1) is 0 Å². The minimum Gasteiger partial charge on any atom is -0.357 e. The first-order valence-electron chi connectivity index (χ1n) is 9.39. The van der Waals surface area contributed by atoms with E-state index in [1.54, 1.807) is 0 Å². The van der Waals surface area contributed by atoms with Crippen molar-refractivity contribution in [3.63, 3.8) is 0 Å².